The van der Waals surface area contributed by atoms with Gasteiger partial charge in [0.15, 0.2) is 0 Å². The van der Waals surface area contributed by atoms with Crippen molar-refractivity contribution < 1.29 is 9.53 Å². The predicted octanol–water partition coefficient (Wildman–Crippen LogP) is 1.42. The summed E-state index contributed by atoms with van der Waals surface area (Å²) in [6, 6.07) is 0.352. The molecule has 5 heteroatoms. The Morgan fingerprint density at radius 1 is 1.53 bits per heavy atom. The number of carbonyl (C=O) groups is 1. The lowest BCUT2D eigenvalue weighted by Gasteiger charge is -2.26. The van der Waals surface area contributed by atoms with Gasteiger partial charge in [0.25, 0.3) is 0 Å². The summed E-state index contributed by atoms with van der Waals surface area (Å²) in [5.74, 6) is 0.566. The Labute approximate surface area is 110 Å². The molecule has 0 aromatic carbocycles. The van der Waals surface area contributed by atoms with Crippen LogP contribution in [0.15, 0.2) is 0 Å². The normalized spacial score (nSPS) is 25.2. The highest BCUT2D eigenvalue weighted by molar-refractivity contribution is 5.85. The first-order valence-electron chi connectivity index (χ1n) is 6.06. The van der Waals surface area contributed by atoms with Crippen molar-refractivity contribution in [1.82, 2.24) is 4.90 Å². The van der Waals surface area contributed by atoms with E-state index in [1.54, 1.807) is 12.0 Å². The van der Waals surface area contributed by atoms with E-state index in [-0.39, 0.29) is 30.4 Å². The minimum Gasteiger partial charge on any atom is -0.383 e. The SMILES string of the molecule is COCC(C)N(C)C(=O)C[C@@H]1CCC[C@H]1N.Cl. The average molecular weight is 265 g/mol. The molecule has 0 bridgehead atoms. The van der Waals surface area contributed by atoms with Gasteiger partial charge in [-0.3, -0.25) is 4.79 Å². The summed E-state index contributed by atoms with van der Waals surface area (Å²) < 4.78 is 5.05. The van der Waals surface area contributed by atoms with Crippen LogP contribution in [0.1, 0.15) is 32.6 Å². The van der Waals surface area contributed by atoms with E-state index in [0.717, 1.165) is 19.3 Å². The van der Waals surface area contributed by atoms with E-state index in [9.17, 15) is 4.79 Å². The topological polar surface area (TPSA) is 55.6 Å². The highest BCUT2D eigenvalue weighted by atomic mass is 35.5. The molecule has 1 unspecified atom stereocenters. The Kier molecular flexibility index (Phi) is 7.75. The molecule has 1 fully saturated rings. The molecule has 0 heterocycles. The maximum atomic E-state index is 12.0. The molecule has 0 saturated heterocycles. The summed E-state index contributed by atoms with van der Waals surface area (Å²) in [7, 11) is 3.49. The number of rotatable bonds is 5. The highest BCUT2D eigenvalue weighted by Crippen LogP contribution is 2.27. The molecule has 17 heavy (non-hydrogen) atoms. The van der Waals surface area contributed by atoms with Gasteiger partial charge < -0.3 is 15.4 Å². The molecule has 1 aliphatic carbocycles. The molecule has 0 spiro atoms. The van der Waals surface area contributed by atoms with Gasteiger partial charge in [-0.1, -0.05) is 6.42 Å². The van der Waals surface area contributed by atoms with Crippen molar-refractivity contribution in [2.45, 2.75) is 44.7 Å². The van der Waals surface area contributed by atoms with E-state index in [1.807, 2.05) is 14.0 Å². The number of ether oxygens (including phenoxy) is 1. The Morgan fingerprint density at radius 2 is 2.18 bits per heavy atom. The molecule has 4 nitrogen and oxygen atoms in total. The van der Waals surface area contributed by atoms with Gasteiger partial charge in [-0.15, -0.1) is 12.4 Å². The van der Waals surface area contributed by atoms with Crippen molar-refractivity contribution in [2.24, 2.45) is 11.7 Å². The van der Waals surface area contributed by atoms with Crippen LogP contribution in [-0.2, 0) is 9.53 Å². The summed E-state index contributed by atoms with van der Waals surface area (Å²) in [4.78, 5) is 13.7. The van der Waals surface area contributed by atoms with Gasteiger partial charge in [0.2, 0.25) is 5.91 Å². The molecule has 2 N–H and O–H groups in total. The predicted molar refractivity (Wildman–Crippen MR) is 71.3 cm³/mol. The van der Waals surface area contributed by atoms with Crippen molar-refractivity contribution in [1.29, 1.82) is 0 Å². The van der Waals surface area contributed by atoms with Gasteiger partial charge in [0.1, 0.15) is 0 Å². The minimum atomic E-state index is 0. The average Bonchev–Trinajstić information content (AvgIpc) is 2.63. The largest absolute Gasteiger partial charge is 0.383 e. The smallest absolute Gasteiger partial charge is 0.222 e. The second kappa shape index (κ2) is 7.90. The zero-order valence-corrected chi connectivity index (χ0v) is 11.8. The van der Waals surface area contributed by atoms with E-state index in [1.165, 1.54) is 0 Å². The summed E-state index contributed by atoms with van der Waals surface area (Å²) in [5, 5.41) is 0. The molecule has 0 radical (unpaired) electrons. The van der Waals surface area contributed by atoms with E-state index < -0.39 is 0 Å². The van der Waals surface area contributed by atoms with Crippen LogP contribution in [0.5, 0.6) is 0 Å². The Balaban J connectivity index is 0.00000256. The Bertz CT molecular complexity index is 239. The van der Waals surface area contributed by atoms with Crippen LogP contribution in [-0.4, -0.2) is 43.7 Å². The third-order valence-electron chi connectivity index (χ3n) is 3.62. The number of halogens is 1. The zero-order valence-electron chi connectivity index (χ0n) is 11.0. The molecule has 3 atom stereocenters. The number of methoxy groups -OCH3 is 1. The number of hydrogen-bond donors (Lipinski definition) is 1. The molecular weight excluding hydrogens is 240 g/mol. The highest BCUT2D eigenvalue weighted by Gasteiger charge is 2.28. The van der Waals surface area contributed by atoms with Crippen molar-refractivity contribution >= 4 is 18.3 Å². The van der Waals surface area contributed by atoms with Gasteiger partial charge in [-0.25, -0.2) is 0 Å². The monoisotopic (exact) mass is 264 g/mol. The van der Waals surface area contributed by atoms with Gasteiger partial charge in [-0.05, 0) is 25.7 Å². The fourth-order valence-electron chi connectivity index (χ4n) is 2.29. The molecular formula is C12H25ClN2O2. The van der Waals surface area contributed by atoms with E-state index in [4.69, 9.17) is 10.5 Å². The van der Waals surface area contributed by atoms with Crippen molar-refractivity contribution in [3.8, 4) is 0 Å². The van der Waals surface area contributed by atoms with E-state index >= 15 is 0 Å². The van der Waals surface area contributed by atoms with Crippen LogP contribution in [0.4, 0.5) is 0 Å². The van der Waals surface area contributed by atoms with Crippen LogP contribution >= 0.6 is 12.4 Å². The lowest BCUT2D eigenvalue weighted by molar-refractivity contribution is -0.133. The second-order valence-corrected chi connectivity index (χ2v) is 4.87. The molecule has 102 valence electrons. The fraction of sp³-hybridized carbons (Fsp3) is 0.917. The van der Waals surface area contributed by atoms with Crippen LogP contribution in [0.2, 0.25) is 0 Å². The molecule has 1 rings (SSSR count). The first-order chi connectivity index (χ1) is 7.56. The summed E-state index contributed by atoms with van der Waals surface area (Å²) >= 11 is 0. The Morgan fingerprint density at radius 3 is 2.65 bits per heavy atom. The molecule has 1 saturated carbocycles. The van der Waals surface area contributed by atoms with E-state index in [0.29, 0.717) is 18.9 Å². The van der Waals surface area contributed by atoms with Gasteiger partial charge >= 0.3 is 0 Å². The number of hydrogen-bond acceptors (Lipinski definition) is 3. The lowest BCUT2D eigenvalue weighted by Crippen LogP contribution is -2.40. The standard InChI is InChI=1S/C12H24N2O2.ClH/c1-9(8-16-3)14(2)12(15)7-10-5-4-6-11(10)13;/h9-11H,4-8,13H2,1-3H3;1H/t9?,10-,11+;/m0./s1. The third kappa shape index (κ3) is 4.82. The maximum absolute atomic E-state index is 12.0. The number of carbonyl (C=O) groups excluding carboxylic acids is 1. The van der Waals surface area contributed by atoms with Crippen LogP contribution in [0, 0.1) is 5.92 Å². The quantitative estimate of drug-likeness (QED) is 0.817. The molecule has 1 amide bonds. The second-order valence-electron chi connectivity index (χ2n) is 4.87. The molecule has 0 aromatic rings. The summed E-state index contributed by atoms with van der Waals surface area (Å²) in [6.07, 6.45) is 3.91. The molecule has 0 aliphatic heterocycles. The zero-order chi connectivity index (χ0) is 12.1. The lowest BCUT2D eigenvalue weighted by atomic mass is 9.99. The van der Waals surface area contributed by atoms with Crippen molar-refractivity contribution in [3.05, 3.63) is 0 Å². The number of nitrogens with two attached hydrogens (primary N) is 1. The van der Waals surface area contributed by atoms with E-state index in [2.05, 4.69) is 0 Å². The van der Waals surface area contributed by atoms with Gasteiger partial charge in [0.05, 0.1) is 12.6 Å². The molecule has 1 aliphatic rings. The Hall–Kier alpha value is -0.320. The van der Waals surface area contributed by atoms with Crippen molar-refractivity contribution in [2.75, 3.05) is 20.8 Å². The summed E-state index contributed by atoms with van der Waals surface area (Å²) in [5.41, 5.74) is 5.97. The summed E-state index contributed by atoms with van der Waals surface area (Å²) in [6.45, 7) is 2.58. The van der Waals surface area contributed by atoms with Gasteiger partial charge in [0, 0.05) is 26.6 Å². The third-order valence-corrected chi connectivity index (χ3v) is 3.62. The number of likely N-dealkylation sites (N-methyl/N-ethyl adjacent to an activating group) is 1. The number of amides is 1. The minimum absolute atomic E-state index is 0. The van der Waals surface area contributed by atoms with Crippen molar-refractivity contribution in [3.63, 3.8) is 0 Å². The van der Waals surface area contributed by atoms with Crippen LogP contribution in [0.3, 0.4) is 0 Å². The first-order valence-corrected chi connectivity index (χ1v) is 6.06. The fourth-order valence-corrected chi connectivity index (χ4v) is 2.29. The van der Waals surface area contributed by atoms with Crippen LogP contribution in [0.25, 0.3) is 0 Å². The molecule has 0 aromatic heterocycles. The van der Waals surface area contributed by atoms with Gasteiger partial charge in [-0.2, -0.15) is 0 Å². The van der Waals surface area contributed by atoms with Crippen LogP contribution < -0.4 is 5.73 Å². The maximum Gasteiger partial charge on any atom is 0.222 e. The first kappa shape index (κ1) is 16.7. The number of nitrogens with zero attached hydrogens (tertiary/aromatic N) is 1.